The topological polar surface area (TPSA) is 32.3 Å². The first kappa shape index (κ1) is 11.6. The molecule has 1 heterocycles. The third kappa shape index (κ3) is 2.28. The minimum atomic E-state index is -0.0678. The fourth-order valence-corrected chi connectivity index (χ4v) is 2.51. The molecule has 1 unspecified atom stereocenters. The Hall–Kier alpha value is -0.860. The molecule has 88 valence electrons. The number of aliphatic hydroxyl groups excluding tert-OH is 1. The van der Waals surface area contributed by atoms with Crippen molar-refractivity contribution in [1.29, 1.82) is 0 Å². The Labute approximate surface area is 97.7 Å². The summed E-state index contributed by atoms with van der Waals surface area (Å²) < 4.78 is 0. The van der Waals surface area contributed by atoms with Crippen LogP contribution in [-0.4, -0.2) is 23.8 Å². The molecule has 2 nitrogen and oxygen atoms in total. The van der Waals surface area contributed by atoms with Crippen molar-refractivity contribution in [2.75, 3.05) is 13.2 Å². The molecular formula is C14H21NO. The van der Waals surface area contributed by atoms with E-state index in [1.54, 1.807) is 0 Å². The third-order valence-electron chi connectivity index (χ3n) is 3.75. The van der Waals surface area contributed by atoms with Gasteiger partial charge in [0.1, 0.15) is 0 Å². The van der Waals surface area contributed by atoms with Crippen molar-refractivity contribution in [2.45, 2.75) is 38.6 Å². The number of hydrogen-bond acceptors (Lipinski definition) is 2. The first-order valence-corrected chi connectivity index (χ1v) is 6.07. The van der Waals surface area contributed by atoms with Crippen molar-refractivity contribution in [3.63, 3.8) is 0 Å². The van der Waals surface area contributed by atoms with E-state index in [2.05, 4.69) is 37.4 Å². The van der Waals surface area contributed by atoms with Crippen LogP contribution in [0.1, 0.15) is 29.5 Å². The van der Waals surface area contributed by atoms with Gasteiger partial charge in [0.05, 0.1) is 6.61 Å². The highest BCUT2D eigenvalue weighted by molar-refractivity contribution is 5.31. The lowest BCUT2D eigenvalue weighted by atomic mass is 9.89. The Balaban J connectivity index is 2.16. The van der Waals surface area contributed by atoms with Crippen LogP contribution >= 0.6 is 0 Å². The van der Waals surface area contributed by atoms with Crippen molar-refractivity contribution in [1.82, 2.24) is 5.32 Å². The van der Waals surface area contributed by atoms with Crippen molar-refractivity contribution in [2.24, 2.45) is 0 Å². The summed E-state index contributed by atoms with van der Waals surface area (Å²) in [5.41, 5.74) is 3.93. The predicted molar refractivity (Wildman–Crippen MR) is 66.7 cm³/mol. The van der Waals surface area contributed by atoms with E-state index in [1.807, 2.05) is 0 Å². The summed E-state index contributed by atoms with van der Waals surface area (Å²) in [6.45, 7) is 5.55. The Kier molecular flexibility index (Phi) is 3.31. The highest BCUT2D eigenvalue weighted by Gasteiger charge is 2.32. The van der Waals surface area contributed by atoms with Gasteiger partial charge in [-0.1, -0.05) is 18.2 Å². The Morgan fingerprint density at radius 2 is 2.12 bits per heavy atom. The lowest BCUT2D eigenvalue weighted by Crippen LogP contribution is -2.45. The molecule has 0 radical (unpaired) electrons. The van der Waals surface area contributed by atoms with E-state index < -0.39 is 0 Å². The fraction of sp³-hybridized carbons (Fsp3) is 0.571. The Bertz CT molecular complexity index is 367. The number of aliphatic hydroxyl groups is 1. The molecule has 1 saturated heterocycles. The van der Waals surface area contributed by atoms with E-state index in [9.17, 15) is 5.11 Å². The van der Waals surface area contributed by atoms with E-state index in [0.717, 1.165) is 19.4 Å². The van der Waals surface area contributed by atoms with Gasteiger partial charge >= 0.3 is 0 Å². The normalized spacial score (nSPS) is 24.9. The summed E-state index contributed by atoms with van der Waals surface area (Å²) >= 11 is 0. The summed E-state index contributed by atoms with van der Waals surface area (Å²) in [6.07, 6.45) is 3.19. The second-order valence-corrected chi connectivity index (χ2v) is 5.06. The first-order chi connectivity index (χ1) is 7.65. The van der Waals surface area contributed by atoms with Crippen LogP contribution in [0.4, 0.5) is 0 Å². The average molecular weight is 219 g/mol. The molecule has 16 heavy (non-hydrogen) atoms. The standard InChI is InChI=1S/C14H21NO/c1-11-4-5-13(8-12(11)2)9-14(10-16)6-3-7-15-14/h4-5,8,15-16H,3,6-7,9-10H2,1-2H3. The maximum Gasteiger partial charge on any atom is 0.0616 e. The Morgan fingerprint density at radius 1 is 1.31 bits per heavy atom. The predicted octanol–water partition coefficient (Wildman–Crippen LogP) is 1.96. The number of aryl methyl sites for hydroxylation is 2. The second kappa shape index (κ2) is 4.56. The van der Waals surface area contributed by atoms with Gasteiger partial charge in [-0.05, 0) is 56.3 Å². The van der Waals surface area contributed by atoms with Gasteiger partial charge in [-0.15, -0.1) is 0 Å². The molecule has 1 atom stereocenters. The number of hydrogen-bond donors (Lipinski definition) is 2. The van der Waals surface area contributed by atoms with Crippen LogP contribution in [0.2, 0.25) is 0 Å². The van der Waals surface area contributed by atoms with E-state index in [0.29, 0.717) is 0 Å². The minimum Gasteiger partial charge on any atom is -0.394 e. The molecule has 1 aliphatic rings. The molecule has 0 saturated carbocycles. The van der Waals surface area contributed by atoms with Crippen LogP contribution in [0.15, 0.2) is 18.2 Å². The van der Waals surface area contributed by atoms with E-state index in [1.165, 1.54) is 23.1 Å². The largest absolute Gasteiger partial charge is 0.394 e. The van der Waals surface area contributed by atoms with Crippen LogP contribution in [0.25, 0.3) is 0 Å². The molecule has 1 fully saturated rings. The summed E-state index contributed by atoms with van der Waals surface area (Å²) in [4.78, 5) is 0. The zero-order valence-electron chi connectivity index (χ0n) is 10.2. The van der Waals surface area contributed by atoms with E-state index >= 15 is 0 Å². The number of benzene rings is 1. The van der Waals surface area contributed by atoms with Crippen LogP contribution in [0, 0.1) is 13.8 Å². The van der Waals surface area contributed by atoms with Crippen molar-refractivity contribution in [3.05, 3.63) is 34.9 Å². The zero-order chi connectivity index (χ0) is 11.6. The van der Waals surface area contributed by atoms with Crippen LogP contribution in [0.3, 0.4) is 0 Å². The van der Waals surface area contributed by atoms with Gasteiger partial charge in [-0.25, -0.2) is 0 Å². The van der Waals surface area contributed by atoms with Gasteiger partial charge in [0, 0.05) is 5.54 Å². The third-order valence-corrected chi connectivity index (χ3v) is 3.75. The second-order valence-electron chi connectivity index (χ2n) is 5.06. The molecule has 0 aromatic heterocycles. The van der Waals surface area contributed by atoms with Crippen LogP contribution < -0.4 is 5.32 Å². The smallest absolute Gasteiger partial charge is 0.0616 e. The molecular weight excluding hydrogens is 198 g/mol. The molecule has 2 rings (SSSR count). The molecule has 2 heteroatoms. The first-order valence-electron chi connectivity index (χ1n) is 6.07. The molecule has 0 bridgehead atoms. The lowest BCUT2D eigenvalue weighted by molar-refractivity contribution is 0.177. The molecule has 0 spiro atoms. The van der Waals surface area contributed by atoms with Gasteiger partial charge in [-0.2, -0.15) is 0 Å². The van der Waals surface area contributed by atoms with Gasteiger partial charge in [-0.3, -0.25) is 0 Å². The van der Waals surface area contributed by atoms with E-state index in [4.69, 9.17) is 0 Å². The zero-order valence-corrected chi connectivity index (χ0v) is 10.2. The molecule has 2 N–H and O–H groups in total. The summed E-state index contributed by atoms with van der Waals surface area (Å²) in [5, 5.41) is 13.0. The fourth-order valence-electron chi connectivity index (χ4n) is 2.51. The van der Waals surface area contributed by atoms with Gasteiger partial charge < -0.3 is 10.4 Å². The van der Waals surface area contributed by atoms with Crippen molar-refractivity contribution >= 4 is 0 Å². The summed E-state index contributed by atoms with van der Waals surface area (Å²) in [6, 6.07) is 6.59. The molecule has 0 amide bonds. The van der Waals surface area contributed by atoms with E-state index in [-0.39, 0.29) is 12.1 Å². The molecule has 1 aromatic carbocycles. The SMILES string of the molecule is Cc1ccc(CC2(CO)CCCN2)cc1C. The van der Waals surface area contributed by atoms with Crippen molar-refractivity contribution in [3.8, 4) is 0 Å². The highest BCUT2D eigenvalue weighted by Crippen LogP contribution is 2.24. The summed E-state index contributed by atoms with van der Waals surface area (Å²) in [5.74, 6) is 0. The maximum absolute atomic E-state index is 9.54. The number of nitrogens with one attached hydrogen (secondary N) is 1. The molecule has 1 aromatic rings. The maximum atomic E-state index is 9.54. The molecule has 1 aliphatic heterocycles. The van der Waals surface area contributed by atoms with Gasteiger partial charge in [0.2, 0.25) is 0 Å². The van der Waals surface area contributed by atoms with Crippen molar-refractivity contribution < 1.29 is 5.11 Å². The monoisotopic (exact) mass is 219 g/mol. The van der Waals surface area contributed by atoms with Crippen LogP contribution in [0.5, 0.6) is 0 Å². The molecule has 0 aliphatic carbocycles. The minimum absolute atomic E-state index is 0.0678. The van der Waals surface area contributed by atoms with Gasteiger partial charge in [0.25, 0.3) is 0 Å². The average Bonchev–Trinajstić information content (AvgIpc) is 2.73. The lowest BCUT2D eigenvalue weighted by Gasteiger charge is -2.27. The highest BCUT2D eigenvalue weighted by atomic mass is 16.3. The Morgan fingerprint density at radius 3 is 2.69 bits per heavy atom. The van der Waals surface area contributed by atoms with Crippen LogP contribution in [-0.2, 0) is 6.42 Å². The van der Waals surface area contributed by atoms with Gasteiger partial charge in [0.15, 0.2) is 0 Å². The number of rotatable bonds is 3. The summed E-state index contributed by atoms with van der Waals surface area (Å²) in [7, 11) is 0. The quantitative estimate of drug-likeness (QED) is 0.814.